The molecule has 0 amide bonds. The number of rotatable bonds is 8. The first kappa shape index (κ1) is 18.7. The molecule has 0 aliphatic heterocycles. The molecule has 3 heteroatoms. The number of nitrogens with two attached hydrogens (primary N) is 2. The molecule has 17 heavy (non-hydrogen) atoms. The predicted molar refractivity (Wildman–Crippen MR) is 78.1 cm³/mol. The minimum absolute atomic E-state index is 0.789. The number of hydrogen-bond donors (Lipinski definition) is 2. The summed E-state index contributed by atoms with van der Waals surface area (Å²) in [5.41, 5.74) is 6.66. The molecule has 0 aliphatic rings. The van der Waals surface area contributed by atoms with Gasteiger partial charge in [-0.2, -0.15) is 0 Å². The Morgan fingerprint density at radius 2 is 1.82 bits per heavy atom. The second kappa shape index (κ2) is 13.4. The van der Waals surface area contributed by atoms with E-state index in [1.807, 2.05) is 20.0 Å². The molecule has 0 aromatic rings. The molecule has 0 atom stereocenters. The number of unbranched alkanes of at least 4 members (excludes halogenated alkanes) is 1. The zero-order valence-electron chi connectivity index (χ0n) is 12.5. The Balaban J connectivity index is 0. The Morgan fingerprint density at radius 1 is 1.24 bits per heavy atom. The molecule has 0 aromatic heterocycles. The van der Waals surface area contributed by atoms with Gasteiger partial charge in [0.2, 0.25) is 0 Å². The molecule has 0 fully saturated rings. The second-order valence-electron chi connectivity index (χ2n) is 4.58. The number of hydrazine groups is 1. The summed E-state index contributed by atoms with van der Waals surface area (Å²) in [5, 5.41) is 1.71. The van der Waals surface area contributed by atoms with Crippen molar-refractivity contribution < 1.29 is 0 Å². The number of nitrogens with zero attached hydrogens (tertiary/aromatic N) is 1. The summed E-state index contributed by atoms with van der Waals surface area (Å²) in [6.45, 7) is 11.5. The van der Waals surface area contributed by atoms with Gasteiger partial charge in [0.25, 0.3) is 0 Å². The van der Waals surface area contributed by atoms with Crippen LogP contribution < -0.4 is 11.6 Å². The van der Waals surface area contributed by atoms with Crippen molar-refractivity contribution in [3.05, 3.63) is 11.9 Å². The van der Waals surface area contributed by atoms with E-state index in [4.69, 9.17) is 11.6 Å². The molecule has 0 spiro atoms. The molecule has 0 rings (SSSR count). The van der Waals surface area contributed by atoms with Gasteiger partial charge < -0.3 is 10.7 Å². The molecule has 0 aromatic carbocycles. The van der Waals surface area contributed by atoms with Crippen LogP contribution >= 0.6 is 0 Å². The van der Waals surface area contributed by atoms with Crippen LogP contribution in [-0.2, 0) is 0 Å². The normalized spacial score (nSPS) is 11.1. The average molecular weight is 243 g/mol. The first-order valence-electron chi connectivity index (χ1n) is 7.03. The van der Waals surface area contributed by atoms with Crippen LogP contribution in [0.3, 0.4) is 0 Å². The van der Waals surface area contributed by atoms with E-state index in [0.717, 1.165) is 37.4 Å². The monoisotopic (exact) mass is 243 g/mol. The van der Waals surface area contributed by atoms with Gasteiger partial charge in [0.15, 0.2) is 0 Å². The molecular formula is C14H33N3. The molecule has 0 heterocycles. The second-order valence-corrected chi connectivity index (χ2v) is 4.58. The van der Waals surface area contributed by atoms with Crippen molar-refractivity contribution in [1.82, 2.24) is 5.01 Å². The first-order valence-corrected chi connectivity index (χ1v) is 7.03. The van der Waals surface area contributed by atoms with Crippen LogP contribution in [-0.4, -0.2) is 11.6 Å². The van der Waals surface area contributed by atoms with E-state index in [1.54, 1.807) is 5.01 Å². The lowest BCUT2D eigenvalue weighted by atomic mass is 10.1. The standard InChI is InChI=1S/C12H27N3.C2H6/c1-4-7-12(13)10-15(14)9-6-5-8-11(2)3;1-2/h10-11H,4-9,13-14H2,1-3H3;1-2H3/b12-10-;. The van der Waals surface area contributed by atoms with E-state index in [0.29, 0.717) is 0 Å². The van der Waals surface area contributed by atoms with Crippen molar-refractivity contribution in [3.63, 3.8) is 0 Å². The lowest BCUT2D eigenvalue weighted by molar-refractivity contribution is 0.367. The van der Waals surface area contributed by atoms with E-state index in [9.17, 15) is 0 Å². The summed E-state index contributed by atoms with van der Waals surface area (Å²) in [7, 11) is 0. The molecule has 4 N–H and O–H groups in total. The molecule has 0 aliphatic carbocycles. The van der Waals surface area contributed by atoms with Crippen LogP contribution in [0.1, 0.15) is 66.7 Å². The smallest absolute Gasteiger partial charge is 0.0342 e. The van der Waals surface area contributed by atoms with Crippen LogP contribution in [0, 0.1) is 5.92 Å². The van der Waals surface area contributed by atoms with Crippen molar-refractivity contribution in [1.29, 1.82) is 0 Å². The van der Waals surface area contributed by atoms with Crippen molar-refractivity contribution in [2.75, 3.05) is 6.54 Å². The summed E-state index contributed by atoms with van der Waals surface area (Å²) in [5.74, 6) is 6.59. The number of hydrogen-bond acceptors (Lipinski definition) is 3. The third kappa shape index (κ3) is 15.3. The van der Waals surface area contributed by atoms with Crippen molar-refractivity contribution in [2.45, 2.75) is 66.7 Å². The molecule has 0 radical (unpaired) electrons. The minimum atomic E-state index is 0.789. The Hall–Kier alpha value is -0.700. The maximum absolute atomic E-state index is 5.80. The van der Waals surface area contributed by atoms with E-state index in [2.05, 4.69) is 20.8 Å². The minimum Gasteiger partial charge on any atom is -0.401 e. The van der Waals surface area contributed by atoms with Crippen LogP contribution in [0.4, 0.5) is 0 Å². The summed E-state index contributed by atoms with van der Waals surface area (Å²) in [6.07, 6.45) is 7.53. The van der Waals surface area contributed by atoms with Crippen LogP contribution in [0.25, 0.3) is 0 Å². The fraction of sp³-hybridized carbons (Fsp3) is 0.857. The van der Waals surface area contributed by atoms with Crippen LogP contribution in [0.5, 0.6) is 0 Å². The van der Waals surface area contributed by atoms with Gasteiger partial charge in [0, 0.05) is 18.4 Å². The Labute approximate surface area is 108 Å². The summed E-state index contributed by atoms with van der Waals surface area (Å²) < 4.78 is 0. The lowest BCUT2D eigenvalue weighted by Gasteiger charge is -2.15. The zero-order chi connectivity index (χ0) is 13.7. The highest BCUT2D eigenvalue weighted by Gasteiger charge is 1.97. The summed E-state index contributed by atoms with van der Waals surface area (Å²) in [6, 6.07) is 0. The van der Waals surface area contributed by atoms with Crippen molar-refractivity contribution >= 4 is 0 Å². The molecular weight excluding hydrogens is 210 g/mol. The third-order valence-corrected chi connectivity index (χ3v) is 2.32. The third-order valence-electron chi connectivity index (χ3n) is 2.32. The summed E-state index contributed by atoms with van der Waals surface area (Å²) in [4.78, 5) is 0. The molecule has 0 saturated carbocycles. The highest BCUT2D eigenvalue weighted by atomic mass is 15.4. The molecule has 3 nitrogen and oxygen atoms in total. The fourth-order valence-electron chi connectivity index (χ4n) is 1.48. The van der Waals surface area contributed by atoms with Crippen LogP contribution in [0.2, 0.25) is 0 Å². The fourth-order valence-corrected chi connectivity index (χ4v) is 1.48. The molecule has 0 saturated heterocycles. The summed E-state index contributed by atoms with van der Waals surface area (Å²) >= 11 is 0. The van der Waals surface area contributed by atoms with E-state index >= 15 is 0 Å². The maximum atomic E-state index is 5.80. The van der Waals surface area contributed by atoms with Gasteiger partial charge in [0.1, 0.15) is 0 Å². The van der Waals surface area contributed by atoms with Gasteiger partial charge in [-0.25, -0.2) is 5.84 Å². The Bertz CT molecular complexity index is 176. The van der Waals surface area contributed by atoms with Crippen molar-refractivity contribution in [3.8, 4) is 0 Å². The van der Waals surface area contributed by atoms with Gasteiger partial charge in [-0.3, -0.25) is 0 Å². The van der Waals surface area contributed by atoms with E-state index < -0.39 is 0 Å². The first-order chi connectivity index (χ1) is 8.06. The highest BCUT2D eigenvalue weighted by molar-refractivity contribution is 4.94. The van der Waals surface area contributed by atoms with Gasteiger partial charge in [0.05, 0.1) is 0 Å². The Morgan fingerprint density at radius 3 is 2.29 bits per heavy atom. The highest BCUT2D eigenvalue weighted by Crippen LogP contribution is 2.06. The van der Waals surface area contributed by atoms with Crippen LogP contribution in [0.15, 0.2) is 11.9 Å². The largest absolute Gasteiger partial charge is 0.401 e. The van der Waals surface area contributed by atoms with E-state index in [-0.39, 0.29) is 0 Å². The lowest BCUT2D eigenvalue weighted by Crippen LogP contribution is -2.27. The van der Waals surface area contributed by atoms with Gasteiger partial charge >= 0.3 is 0 Å². The average Bonchev–Trinajstić information content (AvgIpc) is 2.27. The van der Waals surface area contributed by atoms with Gasteiger partial charge in [-0.05, 0) is 18.8 Å². The maximum Gasteiger partial charge on any atom is 0.0342 e. The predicted octanol–water partition coefficient (Wildman–Crippen LogP) is 3.61. The molecule has 0 unspecified atom stereocenters. The topological polar surface area (TPSA) is 55.3 Å². The Kier molecular flexibility index (Phi) is 14.7. The quantitative estimate of drug-likeness (QED) is 0.389. The van der Waals surface area contributed by atoms with E-state index in [1.165, 1.54) is 12.8 Å². The zero-order valence-corrected chi connectivity index (χ0v) is 12.5. The molecule has 0 bridgehead atoms. The van der Waals surface area contributed by atoms with Crippen molar-refractivity contribution in [2.24, 2.45) is 17.5 Å². The SMILES string of the molecule is CC.CCC/C(N)=C/N(N)CCCCC(C)C. The van der Waals surface area contributed by atoms with Gasteiger partial charge in [-0.15, -0.1) is 0 Å². The number of allylic oxidation sites excluding steroid dienone is 1. The van der Waals surface area contributed by atoms with Gasteiger partial charge in [-0.1, -0.05) is 53.9 Å². The molecule has 104 valence electrons.